The van der Waals surface area contributed by atoms with Crippen molar-refractivity contribution in [2.45, 2.75) is 109 Å². The Labute approximate surface area is 242 Å². The second-order valence-electron chi connectivity index (χ2n) is 11.9. The molecule has 1 saturated carbocycles. The van der Waals surface area contributed by atoms with Gasteiger partial charge < -0.3 is 14.7 Å². The number of hydrogen-bond donors (Lipinski definition) is 0. The number of nitrogens with zero attached hydrogens (tertiary/aromatic N) is 4. The van der Waals surface area contributed by atoms with Gasteiger partial charge in [0.15, 0.2) is 5.78 Å². The Morgan fingerprint density at radius 2 is 1.87 bits per heavy atom. The van der Waals surface area contributed by atoms with Crippen molar-refractivity contribution in [3.63, 3.8) is 0 Å². The summed E-state index contributed by atoms with van der Waals surface area (Å²) in [4.78, 5) is 38.0. The average molecular weight is 571 g/mol. The minimum atomic E-state index is 0.162. The number of piperidine rings is 1. The standard InChI is InChI=1S/C31H43ClN4O2S/c1-21-18-29(32)33-23(3)30(21)28(37)11-7-8-22(2)34-15-12-26(13-16-34)36-27(24-14-17-39-20-24)19-35(31(36)38)25-9-5-4-6-10-25/h14,17-18,20,22,25-27H,4-13,15-16,19H2,1-3H3. The van der Waals surface area contributed by atoms with Crippen LogP contribution in [0.25, 0.3) is 0 Å². The van der Waals surface area contributed by atoms with Gasteiger partial charge in [-0.3, -0.25) is 4.79 Å². The molecular weight excluding hydrogens is 528 g/mol. The number of likely N-dealkylation sites (tertiary alicyclic amines) is 1. The summed E-state index contributed by atoms with van der Waals surface area (Å²) in [5.41, 5.74) is 3.66. The maximum atomic E-state index is 13.8. The van der Waals surface area contributed by atoms with E-state index in [4.69, 9.17) is 11.6 Å². The first-order chi connectivity index (χ1) is 18.8. The molecule has 39 heavy (non-hydrogen) atoms. The monoisotopic (exact) mass is 570 g/mol. The van der Waals surface area contributed by atoms with Crippen LogP contribution in [0.4, 0.5) is 4.79 Å². The van der Waals surface area contributed by atoms with E-state index < -0.39 is 0 Å². The Hall–Kier alpha value is -1.96. The molecule has 0 radical (unpaired) electrons. The number of carbonyl (C=O) groups is 2. The van der Waals surface area contributed by atoms with Crippen LogP contribution in [0.3, 0.4) is 0 Å². The fraction of sp³-hybridized carbons (Fsp3) is 0.645. The highest BCUT2D eigenvalue weighted by molar-refractivity contribution is 7.08. The summed E-state index contributed by atoms with van der Waals surface area (Å²) in [6, 6.07) is 5.56. The summed E-state index contributed by atoms with van der Waals surface area (Å²) in [5, 5.41) is 4.82. The van der Waals surface area contributed by atoms with Gasteiger partial charge in [-0.05, 0) is 93.3 Å². The number of aryl methyl sites for hydroxylation is 2. The number of amides is 2. The van der Waals surface area contributed by atoms with Gasteiger partial charge in [0, 0.05) is 49.7 Å². The smallest absolute Gasteiger partial charge is 0.319 e. The predicted octanol–water partition coefficient (Wildman–Crippen LogP) is 7.43. The van der Waals surface area contributed by atoms with Crippen LogP contribution in [0, 0.1) is 13.8 Å². The van der Waals surface area contributed by atoms with Gasteiger partial charge in [0.2, 0.25) is 0 Å². The molecule has 0 bridgehead atoms. The third kappa shape index (κ3) is 6.36. The fourth-order valence-corrected chi connectivity index (χ4v) is 8.15. The number of thiophene rings is 1. The van der Waals surface area contributed by atoms with E-state index in [9.17, 15) is 9.59 Å². The van der Waals surface area contributed by atoms with E-state index in [2.05, 4.69) is 43.4 Å². The molecule has 2 amide bonds. The Morgan fingerprint density at radius 1 is 1.13 bits per heavy atom. The summed E-state index contributed by atoms with van der Waals surface area (Å²) in [5.74, 6) is 0.162. The van der Waals surface area contributed by atoms with Crippen molar-refractivity contribution in [2.24, 2.45) is 0 Å². The quantitative estimate of drug-likeness (QED) is 0.232. The Morgan fingerprint density at radius 3 is 2.54 bits per heavy atom. The zero-order chi connectivity index (χ0) is 27.5. The number of pyridine rings is 1. The third-order valence-corrected chi connectivity index (χ3v) is 10.2. The molecule has 8 heteroatoms. The molecule has 2 atom stereocenters. The fourth-order valence-electron chi connectivity index (χ4n) is 7.15. The lowest BCUT2D eigenvalue weighted by Gasteiger charge is -2.41. The molecule has 1 aliphatic carbocycles. The second-order valence-corrected chi connectivity index (χ2v) is 13.0. The molecule has 6 nitrogen and oxygen atoms in total. The zero-order valence-corrected chi connectivity index (χ0v) is 25.3. The van der Waals surface area contributed by atoms with E-state index in [1.807, 2.05) is 13.8 Å². The van der Waals surface area contributed by atoms with Crippen LogP contribution in [0.2, 0.25) is 5.15 Å². The Balaban J connectivity index is 1.15. The summed E-state index contributed by atoms with van der Waals surface area (Å²) in [6.45, 7) is 8.92. The van der Waals surface area contributed by atoms with Crippen LogP contribution in [0.5, 0.6) is 0 Å². The first-order valence-electron chi connectivity index (χ1n) is 14.9. The first-order valence-corrected chi connectivity index (χ1v) is 16.2. The van der Waals surface area contributed by atoms with Crippen LogP contribution in [0.1, 0.15) is 104 Å². The number of halogens is 1. The maximum absolute atomic E-state index is 13.8. The number of carbonyl (C=O) groups excluding carboxylic acids is 2. The predicted molar refractivity (Wildman–Crippen MR) is 159 cm³/mol. The molecule has 4 heterocycles. The summed E-state index contributed by atoms with van der Waals surface area (Å²) < 4.78 is 0. The van der Waals surface area contributed by atoms with E-state index in [1.54, 1.807) is 17.4 Å². The van der Waals surface area contributed by atoms with Crippen molar-refractivity contribution in [2.75, 3.05) is 19.6 Å². The lowest BCUT2D eigenvalue weighted by Crippen LogP contribution is -2.50. The minimum absolute atomic E-state index is 0.162. The minimum Gasteiger partial charge on any atom is -0.319 e. The SMILES string of the molecule is Cc1cc(Cl)nc(C)c1C(=O)CCCC(C)N1CCC(N2C(=O)N(C3CCCCC3)CC2c2ccsc2)CC1. The second kappa shape index (κ2) is 12.7. The lowest BCUT2D eigenvalue weighted by atomic mass is 9.94. The topological polar surface area (TPSA) is 56.8 Å². The van der Waals surface area contributed by atoms with E-state index in [1.165, 1.54) is 24.8 Å². The molecule has 2 aromatic rings. The van der Waals surface area contributed by atoms with E-state index in [0.29, 0.717) is 29.7 Å². The molecular formula is C31H43ClN4O2S. The number of Topliss-reactive ketones (excluding diaryl/α,β-unsaturated/α-hetero) is 1. The summed E-state index contributed by atoms with van der Waals surface area (Å²) >= 11 is 7.77. The van der Waals surface area contributed by atoms with Gasteiger partial charge in [-0.1, -0.05) is 30.9 Å². The van der Waals surface area contributed by atoms with Gasteiger partial charge in [0.25, 0.3) is 0 Å². The van der Waals surface area contributed by atoms with Crippen LogP contribution >= 0.6 is 22.9 Å². The van der Waals surface area contributed by atoms with Crippen LogP contribution in [-0.4, -0.2) is 69.3 Å². The Kier molecular flexibility index (Phi) is 9.30. The van der Waals surface area contributed by atoms with Crippen molar-refractivity contribution in [1.82, 2.24) is 19.7 Å². The molecule has 212 valence electrons. The van der Waals surface area contributed by atoms with Crippen LogP contribution in [0.15, 0.2) is 22.9 Å². The lowest BCUT2D eigenvalue weighted by molar-refractivity contribution is 0.0879. The normalized spacial score (nSPS) is 22.6. The average Bonchev–Trinajstić information content (AvgIpc) is 3.57. The molecule has 5 rings (SSSR count). The van der Waals surface area contributed by atoms with Gasteiger partial charge in [0.1, 0.15) is 5.15 Å². The molecule has 0 spiro atoms. The Bertz CT molecular complexity index is 1120. The third-order valence-electron chi connectivity index (χ3n) is 9.30. The molecule has 0 N–H and O–H groups in total. The molecule has 2 aromatic heterocycles. The highest BCUT2D eigenvalue weighted by atomic mass is 35.5. The number of rotatable bonds is 9. The van der Waals surface area contributed by atoms with E-state index >= 15 is 0 Å². The molecule has 2 aliphatic heterocycles. The first kappa shape index (κ1) is 28.6. The number of ketones is 1. The van der Waals surface area contributed by atoms with Crippen molar-refractivity contribution in [3.05, 3.63) is 50.4 Å². The summed E-state index contributed by atoms with van der Waals surface area (Å²) in [7, 11) is 0. The molecule has 2 unspecified atom stereocenters. The summed E-state index contributed by atoms with van der Waals surface area (Å²) in [6.07, 6.45) is 10.5. The highest BCUT2D eigenvalue weighted by Gasteiger charge is 2.45. The van der Waals surface area contributed by atoms with Crippen molar-refractivity contribution >= 4 is 34.8 Å². The van der Waals surface area contributed by atoms with Gasteiger partial charge in [-0.15, -0.1) is 0 Å². The molecule has 3 aliphatic rings. The van der Waals surface area contributed by atoms with Crippen molar-refractivity contribution in [3.8, 4) is 0 Å². The van der Waals surface area contributed by atoms with E-state index in [0.717, 1.165) is 75.0 Å². The van der Waals surface area contributed by atoms with Gasteiger partial charge in [0.05, 0.1) is 11.7 Å². The van der Waals surface area contributed by atoms with Gasteiger partial charge in [-0.25, -0.2) is 9.78 Å². The van der Waals surface area contributed by atoms with E-state index in [-0.39, 0.29) is 17.9 Å². The van der Waals surface area contributed by atoms with Crippen molar-refractivity contribution in [1.29, 1.82) is 0 Å². The number of hydrogen-bond acceptors (Lipinski definition) is 5. The largest absolute Gasteiger partial charge is 0.321 e. The van der Waals surface area contributed by atoms with Crippen LogP contribution < -0.4 is 0 Å². The van der Waals surface area contributed by atoms with Crippen molar-refractivity contribution < 1.29 is 9.59 Å². The molecule has 3 fully saturated rings. The van der Waals surface area contributed by atoms with Gasteiger partial charge in [-0.2, -0.15) is 11.3 Å². The zero-order valence-electron chi connectivity index (χ0n) is 23.7. The molecule has 2 saturated heterocycles. The van der Waals surface area contributed by atoms with Crippen LogP contribution in [-0.2, 0) is 0 Å². The number of urea groups is 1. The highest BCUT2D eigenvalue weighted by Crippen LogP contribution is 2.39. The maximum Gasteiger partial charge on any atom is 0.321 e. The van der Waals surface area contributed by atoms with Gasteiger partial charge >= 0.3 is 6.03 Å². The molecule has 0 aromatic carbocycles. The number of aromatic nitrogens is 1.